The molecular weight excluding hydrogens is 230 g/mol. The van der Waals surface area contributed by atoms with Crippen molar-refractivity contribution in [2.24, 2.45) is 0 Å². The highest BCUT2D eigenvalue weighted by atomic mass is 35.5. The van der Waals surface area contributed by atoms with E-state index in [1.54, 1.807) is 0 Å². The maximum atomic E-state index is 5.89. The second-order valence-corrected chi connectivity index (χ2v) is 4.56. The minimum absolute atomic E-state index is 0.554. The van der Waals surface area contributed by atoms with Crippen LogP contribution in [0.25, 0.3) is 5.57 Å². The molecular formula is C15H18ClN. The molecule has 1 aromatic rings. The summed E-state index contributed by atoms with van der Waals surface area (Å²) in [6, 6.07) is 10.5. The molecule has 2 heteroatoms. The highest BCUT2D eigenvalue weighted by Gasteiger charge is 2.04. The van der Waals surface area contributed by atoms with E-state index in [9.17, 15) is 0 Å². The third kappa shape index (κ3) is 3.64. The molecule has 2 rings (SSSR count). The summed E-state index contributed by atoms with van der Waals surface area (Å²) >= 11 is 5.89. The van der Waals surface area contributed by atoms with Gasteiger partial charge >= 0.3 is 0 Å². The van der Waals surface area contributed by atoms with Crippen LogP contribution >= 0.6 is 11.6 Å². The van der Waals surface area contributed by atoms with Gasteiger partial charge in [-0.05, 0) is 36.8 Å². The number of nitrogens with one attached hydrogen (secondary N) is 1. The first kappa shape index (κ1) is 12.3. The van der Waals surface area contributed by atoms with Crippen LogP contribution in [0.4, 0.5) is 0 Å². The third-order valence-electron chi connectivity index (χ3n) is 3.01. The topological polar surface area (TPSA) is 12.0 Å². The van der Waals surface area contributed by atoms with E-state index in [1.807, 2.05) is 0 Å². The number of rotatable bonds is 2. The molecule has 17 heavy (non-hydrogen) atoms. The monoisotopic (exact) mass is 247 g/mol. The second-order valence-electron chi connectivity index (χ2n) is 4.29. The van der Waals surface area contributed by atoms with Crippen LogP contribution in [0, 0.1) is 0 Å². The zero-order valence-corrected chi connectivity index (χ0v) is 10.7. The Balaban J connectivity index is 2.18. The maximum absolute atomic E-state index is 5.89. The summed E-state index contributed by atoms with van der Waals surface area (Å²) in [5, 5.41) is 3.33. The molecule has 0 saturated carbocycles. The Kier molecular flexibility index (Phi) is 4.69. The van der Waals surface area contributed by atoms with Gasteiger partial charge in [0.1, 0.15) is 0 Å². The van der Waals surface area contributed by atoms with E-state index < -0.39 is 0 Å². The maximum Gasteiger partial charge on any atom is 0.0621 e. The molecule has 0 aromatic heterocycles. The lowest BCUT2D eigenvalue weighted by Gasteiger charge is -2.08. The van der Waals surface area contributed by atoms with Crippen LogP contribution in [0.2, 0.25) is 0 Å². The normalized spacial score (nSPS) is 23.1. The number of hydrogen-bond donors (Lipinski definition) is 1. The van der Waals surface area contributed by atoms with Crippen molar-refractivity contribution >= 4 is 17.2 Å². The van der Waals surface area contributed by atoms with Gasteiger partial charge in [-0.2, -0.15) is 0 Å². The smallest absolute Gasteiger partial charge is 0.0621 e. The van der Waals surface area contributed by atoms with Crippen LogP contribution < -0.4 is 5.32 Å². The molecule has 90 valence electrons. The van der Waals surface area contributed by atoms with Crippen molar-refractivity contribution in [3.63, 3.8) is 0 Å². The summed E-state index contributed by atoms with van der Waals surface area (Å²) in [5.41, 5.74) is 3.78. The predicted molar refractivity (Wildman–Crippen MR) is 74.8 cm³/mol. The molecule has 0 aliphatic carbocycles. The van der Waals surface area contributed by atoms with Crippen molar-refractivity contribution in [2.75, 3.05) is 5.88 Å². The van der Waals surface area contributed by atoms with E-state index in [2.05, 4.69) is 47.9 Å². The average molecular weight is 248 g/mol. The fourth-order valence-corrected chi connectivity index (χ4v) is 2.21. The Morgan fingerprint density at radius 2 is 1.94 bits per heavy atom. The molecule has 0 radical (unpaired) electrons. The fraction of sp³-hybridized carbons (Fsp3) is 0.333. The van der Waals surface area contributed by atoms with Gasteiger partial charge < -0.3 is 5.32 Å². The highest BCUT2D eigenvalue weighted by Crippen LogP contribution is 2.22. The zero-order valence-electron chi connectivity index (χ0n) is 9.95. The van der Waals surface area contributed by atoms with Gasteiger partial charge in [-0.3, -0.25) is 0 Å². The van der Waals surface area contributed by atoms with Crippen molar-refractivity contribution in [1.29, 1.82) is 0 Å². The zero-order chi connectivity index (χ0) is 11.9. The van der Waals surface area contributed by atoms with E-state index in [0.717, 1.165) is 18.5 Å². The van der Waals surface area contributed by atoms with Gasteiger partial charge in [0, 0.05) is 11.9 Å². The van der Waals surface area contributed by atoms with Gasteiger partial charge in [0.05, 0.1) is 5.88 Å². The molecule has 1 aliphatic rings. The molecule has 1 aliphatic heterocycles. The summed E-state index contributed by atoms with van der Waals surface area (Å²) in [4.78, 5) is 0. The van der Waals surface area contributed by atoms with Crippen LogP contribution in [0.5, 0.6) is 0 Å². The van der Waals surface area contributed by atoms with Gasteiger partial charge in [0.25, 0.3) is 0 Å². The van der Waals surface area contributed by atoms with Crippen LogP contribution in [-0.4, -0.2) is 5.88 Å². The number of alkyl halides is 1. The predicted octanol–water partition coefficient (Wildman–Crippen LogP) is 4.31. The molecule has 0 saturated heterocycles. The average Bonchev–Trinajstić information content (AvgIpc) is 2.51. The van der Waals surface area contributed by atoms with E-state index in [4.69, 9.17) is 11.6 Å². The fourth-order valence-electron chi connectivity index (χ4n) is 2.02. The largest absolute Gasteiger partial charge is 0.364 e. The van der Waals surface area contributed by atoms with Crippen molar-refractivity contribution in [3.05, 3.63) is 53.9 Å². The standard InChI is InChI=1S/C15H18ClN/c16-11-15-10-6-2-5-9-14(12-17-15)13-7-3-1-4-8-13/h1,3-4,7-8,10,12,17H,2,5-6,9,11H2/b14-12+,15-10+. The van der Waals surface area contributed by atoms with E-state index in [-0.39, 0.29) is 0 Å². The first-order valence-electron chi connectivity index (χ1n) is 6.16. The SMILES string of the molecule is ClC/C1=C\CCCC/C(c2ccccc2)=C\N1. The lowest BCUT2D eigenvalue weighted by molar-refractivity contribution is 0.769. The minimum atomic E-state index is 0.554. The van der Waals surface area contributed by atoms with E-state index in [1.165, 1.54) is 24.0 Å². The summed E-state index contributed by atoms with van der Waals surface area (Å²) in [6.45, 7) is 0. The number of benzene rings is 1. The summed E-state index contributed by atoms with van der Waals surface area (Å²) in [7, 11) is 0. The van der Waals surface area contributed by atoms with Gasteiger partial charge in [-0.15, -0.1) is 11.6 Å². The summed E-state index contributed by atoms with van der Waals surface area (Å²) in [5.74, 6) is 0.554. The molecule has 1 nitrogen and oxygen atoms in total. The highest BCUT2D eigenvalue weighted by molar-refractivity contribution is 6.19. The lowest BCUT2D eigenvalue weighted by Crippen LogP contribution is -2.07. The first-order valence-corrected chi connectivity index (χ1v) is 6.69. The van der Waals surface area contributed by atoms with Gasteiger partial charge in [0.15, 0.2) is 0 Å². The first-order chi connectivity index (χ1) is 8.40. The van der Waals surface area contributed by atoms with Crippen molar-refractivity contribution in [3.8, 4) is 0 Å². The Morgan fingerprint density at radius 1 is 1.12 bits per heavy atom. The van der Waals surface area contributed by atoms with Gasteiger partial charge in [0.2, 0.25) is 0 Å². The quantitative estimate of drug-likeness (QED) is 0.768. The summed E-state index contributed by atoms with van der Waals surface area (Å²) in [6.07, 6.45) is 9.01. The van der Waals surface area contributed by atoms with Crippen LogP contribution in [0.1, 0.15) is 31.2 Å². The molecule has 0 spiro atoms. The lowest BCUT2D eigenvalue weighted by atomic mass is 10.0. The minimum Gasteiger partial charge on any atom is -0.364 e. The Labute approximate surface area is 108 Å². The van der Waals surface area contributed by atoms with Crippen molar-refractivity contribution < 1.29 is 0 Å². The Bertz CT molecular complexity index is 406. The third-order valence-corrected chi connectivity index (χ3v) is 3.30. The van der Waals surface area contributed by atoms with Crippen LogP contribution in [-0.2, 0) is 0 Å². The molecule has 0 unspecified atom stereocenters. The van der Waals surface area contributed by atoms with Crippen molar-refractivity contribution in [2.45, 2.75) is 25.7 Å². The van der Waals surface area contributed by atoms with Gasteiger partial charge in [-0.25, -0.2) is 0 Å². The number of hydrogen-bond acceptors (Lipinski definition) is 1. The van der Waals surface area contributed by atoms with Gasteiger partial charge in [-0.1, -0.05) is 36.4 Å². The number of allylic oxidation sites excluding steroid dienone is 3. The molecule has 0 amide bonds. The van der Waals surface area contributed by atoms with E-state index in [0.29, 0.717) is 5.88 Å². The molecule has 1 heterocycles. The molecule has 0 atom stereocenters. The summed E-state index contributed by atoms with van der Waals surface area (Å²) < 4.78 is 0. The second kappa shape index (κ2) is 6.51. The Morgan fingerprint density at radius 3 is 2.71 bits per heavy atom. The van der Waals surface area contributed by atoms with Crippen molar-refractivity contribution in [1.82, 2.24) is 5.32 Å². The molecule has 0 fully saturated rings. The van der Waals surface area contributed by atoms with Crippen LogP contribution in [0.15, 0.2) is 48.3 Å². The molecule has 1 aromatic carbocycles. The molecule has 1 N–H and O–H groups in total. The van der Waals surface area contributed by atoms with Crippen LogP contribution in [0.3, 0.4) is 0 Å². The molecule has 0 bridgehead atoms. The Hall–Kier alpha value is -1.21. The van der Waals surface area contributed by atoms with E-state index >= 15 is 0 Å². The number of halogens is 1.